The van der Waals surface area contributed by atoms with Crippen molar-refractivity contribution >= 4 is 15.7 Å². The van der Waals surface area contributed by atoms with Crippen LogP contribution in [0.25, 0.3) is 0 Å². The number of ether oxygens (including phenoxy) is 1. The SMILES string of the molecule is O=C(CS(=O)(=O)Cc1ccoc1)NCCCOc1cccc(CN2CCCCC2)c1. The van der Waals surface area contributed by atoms with Gasteiger partial charge in [0.05, 0.1) is 24.9 Å². The van der Waals surface area contributed by atoms with E-state index in [0.29, 0.717) is 25.1 Å². The molecule has 0 radical (unpaired) electrons. The minimum absolute atomic E-state index is 0.201. The molecular formula is C22H30N2O5S. The van der Waals surface area contributed by atoms with E-state index in [1.807, 2.05) is 12.1 Å². The molecule has 8 heteroatoms. The lowest BCUT2D eigenvalue weighted by Gasteiger charge is -2.26. The summed E-state index contributed by atoms with van der Waals surface area (Å²) in [5.41, 5.74) is 1.78. The summed E-state index contributed by atoms with van der Waals surface area (Å²) in [6, 6.07) is 9.69. The van der Waals surface area contributed by atoms with Crippen LogP contribution in [-0.2, 0) is 26.9 Å². The maximum absolute atomic E-state index is 12.0. The highest BCUT2D eigenvalue weighted by Gasteiger charge is 2.17. The highest BCUT2D eigenvalue weighted by Crippen LogP contribution is 2.17. The van der Waals surface area contributed by atoms with Gasteiger partial charge in [0.1, 0.15) is 11.5 Å². The molecule has 7 nitrogen and oxygen atoms in total. The zero-order valence-corrected chi connectivity index (χ0v) is 18.0. The maximum atomic E-state index is 12.0. The molecule has 1 aliphatic rings. The first-order valence-electron chi connectivity index (χ1n) is 10.4. The number of nitrogens with one attached hydrogen (secondary N) is 1. The molecule has 1 amide bonds. The molecule has 1 aliphatic heterocycles. The Morgan fingerprint density at radius 1 is 1.13 bits per heavy atom. The minimum Gasteiger partial charge on any atom is -0.494 e. The van der Waals surface area contributed by atoms with Crippen molar-refractivity contribution in [2.45, 2.75) is 38.0 Å². The molecule has 1 fully saturated rings. The lowest BCUT2D eigenvalue weighted by atomic mass is 10.1. The molecule has 2 heterocycles. The molecule has 2 aromatic rings. The molecule has 0 spiro atoms. The third kappa shape index (κ3) is 7.84. The Morgan fingerprint density at radius 3 is 2.73 bits per heavy atom. The van der Waals surface area contributed by atoms with Crippen molar-refractivity contribution in [3.63, 3.8) is 0 Å². The maximum Gasteiger partial charge on any atom is 0.235 e. The normalized spacial score (nSPS) is 15.1. The number of carbonyl (C=O) groups excluding carboxylic acids is 1. The third-order valence-corrected chi connectivity index (χ3v) is 6.46. The Morgan fingerprint density at radius 2 is 1.97 bits per heavy atom. The molecule has 1 aromatic carbocycles. The smallest absolute Gasteiger partial charge is 0.235 e. The van der Waals surface area contributed by atoms with E-state index >= 15 is 0 Å². The van der Waals surface area contributed by atoms with Gasteiger partial charge in [-0.1, -0.05) is 18.6 Å². The predicted octanol–water partition coefficient (Wildman–Crippen LogP) is 2.77. The lowest BCUT2D eigenvalue weighted by Crippen LogP contribution is -2.32. The lowest BCUT2D eigenvalue weighted by molar-refractivity contribution is -0.118. The van der Waals surface area contributed by atoms with Gasteiger partial charge in [-0.05, 0) is 56.1 Å². The summed E-state index contributed by atoms with van der Waals surface area (Å²) in [5.74, 6) is -0.411. The van der Waals surface area contributed by atoms with Crippen LogP contribution in [0.3, 0.4) is 0 Å². The summed E-state index contributed by atoms with van der Waals surface area (Å²) in [6.07, 6.45) is 7.25. The van der Waals surface area contributed by atoms with Gasteiger partial charge >= 0.3 is 0 Å². The molecule has 164 valence electrons. The number of amides is 1. The monoisotopic (exact) mass is 434 g/mol. The summed E-state index contributed by atoms with van der Waals surface area (Å²) in [4.78, 5) is 14.4. The van der Waals surface area contributed by atoms with Crippen molar-refractivity contribution in [2.24, 2.45) is 0 Å². The zero-order valence-electron chi connectivity index (χ0n) is 17.2. The number of piperidine rings is 1. The largest absolute Gasteiger partial charge is 0.494 e. The van der Waals surface area contributed by atoms with E-state index in [9.17, 15) is 13.2 Å². The van der Waals surface area contributed by atoms with Crippen LogP contribution in [0.2, 0.25) is 0 Å². The van der Waals surface area contributed by atoms with Crippen LogP contribution in [0.1, 0.15) is 36.8 Å². The van der Waals surface area contributed by atoms with Gasteiger partial charge in [0.15, 0.2) is 9.84 Å². The fourth-order valence-corrected chi connectivity index (χ4v) is 4.81. The Bertz CT molecular complexity index is 890. The number of rotatable bonds is 11. The van der Waals surface area contributed by atoms with Crippen molar-refractivity contribution in [2.75, 3.05) is 32.0 Å². The van der Waals surface area contributed by atoms with Crippen LogP contribution in [0.15, 0.2) is 47.3 Å². The van der Waals surface area contributed by atoms with E-state index in [0.717, 1.165) is 25.4 Å². The van der Waals surface area contributed by atoms with E-state index in [1.165, 1.54) is 37.4 Å². The van der Waals surface area contributed by atoms with E-state index in [4.69, 9.17) is 9.15 Å². The molecule has 1 aromatic heterocycles. The fourth-order valence-electron chi connectivity index (χ4n) is 3.53. The second-order valence-electron chi connectivity index (χ2n) is 7.70. The topological polar surface area (TPSA) is 88.8 Å². The van der Waals surface area contributed by atoms with Crippen molar-refractivity contribution in [3.05, 3.63) is 54.0 Å². The molecule has 0 atom stereocenters. The Kier molecular flexibility index (Phi) is 8.33. The standard InChI is InChI=1S/C22H30N2O5S/c25-22(18-30(26,27)17-20-8-13-28-16-20)23-9-5-12-29-21-7-4-6-19(14-21)15-24-10-2-1-3-11-24/h4,6-8,13-14,16H,1-3,5,9-12,15,17-18H2,(H,23,25). The average molecular weight is 435 g/mol. The van der Waals surface area contributed by atoms with E-state index in [1.54, 1.807) is 6.07 Å². The van der Waals surface area contributed by atoms with Gasteiger partial charge in [-0.25, -0.2) is 8.42 Å². The summed E-state index contributed by atoms with van der Waals surface area (Å²) < 4.78 is 34.7. The van der Waals surface area contributed by atoms with E-state index < -0.39 is 21.5 Å². The number of carbonyl (C=O) groups is 1. The number of sulfone groups is 1. The second-order valence-corrected chi connectivity index (χ2v) is 9.76. The van der Waals surface area contributed by atoms with E-state index in [-0.39, 0.29) is 5.75 Å². The molecular weight excluding hydrogens is 404 g/mol. The molecule has 30 heavy (non-hydrogen) atoms. The zero-order chi connectivity index (χ0) is 21.2. The van der Waals surface area contributed by atoms with Crippen LogP contribution < -0.4 is 10.1 Å². The van der Waals surface area contributed by atoms with Crippen LogP contribution in [-0.4, -0.2) is 51.2 Å². The van der Waals surface area contributed by atoms with Gasteiger partial charge in [0.2, 0.25) is 5.91 Å². The first-order chi connectivity index (χ1) is 14.5. The van der Waals surface area contributed by atoms with Crippen LogP contribution >= 0.6 is 0 Å². The van der Waals surface area contributed by atoms with E-state index in [2.05, 4.69) is 22.3 Å². The molecule has 1 saturated heterocycles. The number of furan rings is 1. The summed E-state index contributed by atoms with van der Waals surface area (Å²) >= 11 is 0. The Hall–Kier alpha value is -2.32. The molecule has 0 saturated carbocycles. The number of nitrogens with zero attached hydrogens (tertiary/aromatic N) is 1. The van der Waals surface area contributed by atoms with Crippen molar-refractivity contribution < 1.29 is 22.4 Å². The van der Waals surface area contributed by atoms with Crippen molar-refractivity contribution in [1.82, 2.24) is 10.2 Å². The minimum atomic E-state index is -3.51. The molecule has 1 N–H and O–H groups in total. The van der Waals surface area contributed by atoms with Crippen LogP contribution in [0.4, 0.5) is 0 Å². The predicted molar refractivity (Wildman–Crippen MR) is 115 cm³/mol. The number of likely N-dealkylation sites (tertiary alicyclic amines) is 1. The summed E-state index contributed by atoms with van der Waals surface area (Å²) in [6.45, 7) is 4.08. The fraction of sp³-hybridized carbons (Fsp3) is 0.500. The second kappa shape index (κ2) is 11.2. The van der Waals surface area contributed by atoms with Crippen LogP contribution in [0, 0.1) is 0 Å². The van der Waals surface area contributed by atoms with Gasteiger partial charge in [0, 0.05) is 18.7 Å². The third-order valence-electron chi connectivity index (χ3n) is 4.98. The molecule has 0 aliphatic carbocycles. The highest BCUT2D eigenvalue weighted by atomic mass is 32.2. The first-order valence-corrected chi connectivity index (χ1v) is 12.2. The average Bonchev–Trinajstić information content (AvgIpc) is 3.20. The highest BCUT2D eigenvalue weighted by molar-refractivity contribution is 7.91. The molecule has 0 unspecified atom stereocenters. The quantitative estimate of drug-likeness (QED) is 0.547. The summed E-state index contributed by atoms with van der Waals surface area (Å²) in [5, 5.41) is 2.64. The molecule has 0 bridgehead atoms. The van der Waals surface area contributed by atoms with Crippen LogP contribution in [0.5, 0.6) is 5.75 Å². The Balaban J connectivity index is 1.33. The number of benzene rings is 1. The van der Waals surface area contributed by atoms with Crippen molar-refractivity contribution in [1.29, 1.82) is 0 Å². The number of hydrogen-bond donors (Lipinski definition) is 1. The number of hydrogen-bond acceptors (Lipinski definition) is 6. The Labute approximate surface area is 178 Å². The van der Waals surface area contributed by atoms with Gasteiger partial charge in [-0.15, -0.1) is 0 Å². The van der Waals surface area contributed by atoms with Gasteiger partial charge in [0.25, 0.3) is 0 Å². The van der Waals surface area contributed by atoms with Gasteiger partial charge < -0.3 is 14.5 Å². The van der Waals surface area contributed by atoms with Gasteiger partial charge in [-0.3, -0.25) is 9.69 Å². The summed E-state index contributed by atoms with van der Waals surface area (Å²) in [7, 11) is -3.51. The molecule has 3 rings (SSSR count). The van der Waals surface area contributed by atoms with Gasteiger partial charge in [-0.2, -0.15) is 0 Å². The first kappa shape index (κ1) is 22.4. The van der Waals surface area contributed by atoms with Crippen molar-refractivity contribution in [3.8, 4) is 5.75 Å².